The molecule has 0 N–H and O–H groups in total. The zero-order valence-electron chi connectivity index (χ0n) is 5.35. The first-order valence-corrected chi connectivity index (χ1v) is 2.28. The van der Waals surface area contributed by atoms with Crippen molar-refractivity contribution in [1.82, 2.24) is 0 Å². The quantitative estimate of drug-likeness (QED) is 0.343. The second-order valence-corrected chi connectivity index (χ2v) is 1.84. The summed E-state index contributed by atoms with van der Waals surface area (Å²) in [4.78, 5) is 0. The molecule has 0 heterocycles. The largest absolute Gasteiger partial charge is 1.00 e. The van der Waals surface area contributed by atoms with Gasteiger partial charge in [0.1, 0.15) is 0 Å². The molecule has 0 fully saturated rings. The van der Waals surface area contributed by atoms with Crippen LogP contribution in [0.1, 0.15) is 13.8 Å². The smallest absolute Gasteiger partial charge is 0.242 e. The van der Waals surface area contributed by atoms with E-state index in [0.29, 0.717) is 0 Å². The van der Waals surface area contributed by atoms with E-state index >= 15 is 0 Å². The zero-order valence-corrected chi connectivity index (χ0v) is 7.08. The molecule has 0 saturated carbocycles. The molecule has 0 aliphatic rings. The minimum Gasteiger partial charge on any atom is -0.242 e. The number of rotatable bonds is 1. The Morgan fingerprint density at radius 3 is 1.88 bits per heavy atom. The maximum absolute atomic E-state index is 3.68. The van der Waals surface area contributed by atoms with Crippen LogP contribution in [0.3, 0.4) is 0 Å². The van der Waals surface area contributed by atoms with E-state index in [2.05, 4.69) is 13.5 Å². The molecule has 0 amide bonds. The molecule has 0 unspecified atom stereocenters. The van der Waals surface area contributed by atoms with E-state index in [0.717, 1.165) is 11.1 Å². The van der Waals surface area contributed by atoms with Crippen molar-refractivity contribution in [1.29, 1.82) is 0 Å². The van der Waals surface area contributed by atoms with Crippen LogP contribution in [0.4, 0.5) is 0 Å². The average Bonchev–Trinajstić information content (AvgIpc) is 1.27. The van der Waals surface area contributed by atoms with Crippen molar-refractivity contribution >= 4 is 0 Å². The second-order valence-electron chi connectivity index (χ2n) is 1.84. The topological polar surface area (TPSA) is 0 Å². The fraction of sp³-hybridized carbons (Fsp3) is 0.286. The number of hydrogen-bond acceptors (Lipinski definition) is 0. The number of hydrogen-bond donors (Lipinski definition) is 0. The summed E-state index contributed by atoms with van der Waals surface area (Å²) >= 11 is 0. The van der Waals surface area contributed by atoms with Gasteiger partial charge in [0.2, 0.25) is 0 Å². The third-order valence-electron chi connectivity index (χ3n) is 0.493. The summed E-state index contributed by atoms with van der Waals surface area (Å²) < 4.78 is 0. The van der Waals surface area contributed by atoms with E-state index in [-0.39, 0.29) is 19.5 Å². The van der Waals surface area contributed by atoms with Gasteiger partial charge < -0.3 is 0 Å². The van der Waals surface area contributed by atoms with Crippen LogP contribution in [0.2, 0.25) is 0 Å². The molecule has 0 bridgehead atoms. The molecular weight excluding hydrogens is 185 g/mol. The molecule has 1 radical (unpaired) electrons. The summed E-state index contributed by atoms with van der Waals surface area (Å²) in [5.74, 6) is 0. The molecular formula is C7H11Ru. The first-order chi connectivity index (χ1) is 3.13. The zero-order chi connectivity index (χ0) is 5.86. The molecule has 1 heteroatoms. The second kappa shape index (κ2) is 5.12. The van der Waals surface area contributed by atoms with Crippen molar-refractivity contribution in [3.05, 3.63) is 30.7 Å². The van der Waals surface area contributed by atoms with Gasteiger partial charge in [-0.25, -0.2) is 18.6 Å². The van der Waals surface area contributed by atoms with Gasteiger partial charge >= 0.3 is 19.5 Å². The van der Waals surface area contributed by atoms with Gasteiger partial charge in [-0.05, 0) is 0 Å². The fourth-order valence-electron chi connectivity index (χ4n) is 0.421. The molecule has 0 aromatic heterocycles. The van der Waals surface area contributed by atoms with Gasteiger partial charge in [0.05, 0.1) is 0 Å². The maximum Gasteiger partial charge on any atom is 1.00 e. The third kappa shape index (κ3) is 9.36. The van der Waals surface area contributed by atoms with E-state index in [1.807, 2.05) is 19.9 Å². The maximum atomic E-state index is 3.68. The standard InChI is InChI=1S/C7H11.Ru/c1-6(2)5-7(3)4;/h5H,1,3H2,2,4H3;/q-1;+1. The van der Waals surface area contributed by atoms with E-state index < -0.39 is 0 Å². The minimum atomic E-state index is 0. The Bertz CT molecular complexity index is 97.0. The van der Waals surface area contributed by atoms with Gasteiger partial charge in [0.25, 0.3) is 0 Å². The molecule has 0 aromatic rings. The summed E-state index contributed by atoms with van der Waals surface area (Å²) in [6.45, 7) is 11.3. The molecule has 47 valence electrons. The van der Waals surface area contributed by atoms with Crippen molar-refractivity contribution < 1.29 is 19.5 Å². The molecule has 0 aliphatic heterocycles. The van der Waals surface area contributed by atoms with Crippen molar-refractivity contribution in [2.45, 2.75) is 13.8 Å². The van der Waals surface area contributed by atoms with Crippen LogP contribution in [0, 0.1) is 6.92 Å². The Morgan fingerprint density at radius 1 is 1.50 bits per heavy atom. The fourth-order valence-corrected chi connectivity index (χ4v) is 0.421. The van der Waals surface area contributed by atoms with Crippen LogP contribution in [0.25, 0.3) is 0 Å². The molecule has 0 nitrogen and oxygen atoms in total. The summed E-state index contributed by atoms with van der Waals surface area (Å²) in [5, 5.41) is 0. The van der Waals surface area contributed by atoms with Crippen LogP contribution < -0.4 is 0 Å². The minimum absolute atomic E-state index is 0. The van der Waals surface area contributed by atoms with Gasteiger partial charge in [-0.2, -0.15) is 0 Å². The van der Waals surface area contributed by atoms with Gasteiger partial charge in [0, 0.05) is 0 Å². The summed E-state index contributed by atoms with van der Waals surface area (Å²) in [6.07, 6.45) is 1.94. The third-order valence-corrected chi connectivity index (χ3v) is 0.493. The van der Waals surface area contributed by atoms with Gasteiger partial charge in [-0.1, -0.05) is 13.8 Å². The normalized spacial score (nSPS) is 10.0. The van der Waals surface area contributed by atoms with E-state index in [9.17, 15) is 0 Å². The number of allylic oxidation sites excluding steroid dienone is 3. The average molecular weight is 196 g/mol. The Balaban J connectivity index is 0. The van der Waals surface area contributed by atoms with Gasteiger partial charge in [0.15, 0.2) is 0 Å². The molecule has 0 aromatic carbocycles. The van der Waals surface area contributed by atoms with Crippen molar-refractivity contribution in [3.8, 4) is 0 Å². The molecule has 0 rings (SSSR count). The predicted octanol–water partition coefficient (Wildman–Crippen LogP) is 2.34. The Labute approximate surface area is 64.4 Å². The molecule has 0 saturated heterocycles. The summed E-state index contributed by atoms with van der Waals surface area (Å²) in [5.41, 5.74) is 2.12. The van der Waals surface area contributed by atoms with Crippen molar-refractivity contribution in [2.24, 2.45) is 0 Å². The summed E-state index contributed by atoms with van der Waals surface area (Å²) in [6, 6.07) is 0. The van der Waals surface area contributed by atoms with Crippen molar-refractivity contribution in [2.75, 3.05) is 0 Å². The van der Waals surface area contributed by atoms with Crippen molar-refractivity contribution in [3.63, 3.8) is 0 Å². The molecule has 8 heavy (non-hydrogen) atoms. The predicted molar refractivity (Wildman–Crippen MR) is 33.9 cm³/mol. The molecule has 0 spiro atoms. The Hall–Kier alpha value is -0.0266. The van der Waals surface area contributed by atoms with E-state index in [1.54, 1.807) is 0 Å². The van der Waals surface area contributed by atoms with Gasteiger partial charge in [-0.15, -0.1) is 12.2 Å². The SMILES string of the molecule is C=C(C)C=C([CH2-])C.[Ru+]. The van der Waals surface area contributed by atoms with Crippen LogP contribution in [-0.4, -0.2) is 0 Å². The van der Waals surface area contributed by atoms with Crippen LogP contribution in [-0.2, 0) is 19.5 Å². The van der Waals surface area contributed by atoms with Crippen LogP contribution >= 0.6 is 0 Å². The Morgan fingerprint density at radius 2 is 1.88 bits per heavy atom. The monoisotopic (exact) mass is 197 g/mol. The summed E-state index contributed by atoms with van der Waals surface area (Å²) in [7, 11) is 0. The van der Waals surface area contributed by atoms with Crippen LogP contribution in [0.5, 0.6) is 0 Å². The molecule has 0 atom stereocenters. The van der Waals surface area contributed by atoms with Gasteiger partial charge in [-0.3, -0.25) is 0 Å². The van der Waals surface area contributed by atoms with E-state index in [4.69, 9.17) is 0 Å². The Kier molecular flexibility index (Phi) is 6.95. The van der Waals surface area contributed by atoms with Crippen LogP contribution in [0.15, 0.2) is 23.8 Å². The van der Waals surface area contributed by atoms with E-state index in [1.165, 1.54) is 0 Å². The first-order valence-electron chi connectivity index (χ1n) is 2.28. The molecule has 0 aliphatic carbocycles. The first kappa shape index (κ1) is 10.9.